The van der Waals surface area contributed by atoms with Crippen molar-refractivity contribution in [2.75, 3.05) is 13.2 Å². The number of hydrogen-bond donors (Lipinski definition) is 0. The van der Waals surface area contributed by atoms with Gasteiger partial charge in [0.05, 0.1) is 21.9 Å². The Balaban J connectivity index is 1.75. The van der Waals surface area contributed by atoms with Crippen LogP contribution in [0.4, 0.5) is 4.79 Å². The molecule has 1 aliphatic rings. The van der Waals surface area contributed by atoms with Crippen molar-refractivity contribution in [2.45, 2.75) is 18.7 Å². The maximum Gasteiger partial charge on any atom is 0.326 e. The third-order valence-corrected chi connectivity index (χ3v) is 7.63. The Morgan fingerprint density at radius 2 is 1.79 bits per heavy atom. The second kappa shape index (κ2) is 8.87. The third kappa shape index (κ3) is 4.31. The highest BCUT2D eigenvalue weighted by atomic mass is 32.2. The molecule has 2 heterocycles. The molecule has 8 nitrogen and oxygen atoms in total. The van der Waals surface area contributed by atoms with E-state index in [1.165, 1.54) is 16.2 Å². The van der Waals surface area contributed by atoms with E-state index in [-0.39, 0.29) is 16.4 Å². The zero-order valence-corrected chi connectivity index (χ0v) is 19.5. The van der Waals surface area contributed by atoms with Gasteiger partial charge in [0.25, 0.3) is 21.2 Å². The minimum absolute atomic E-state index is 0.0972. The van der Waals surface area contributed by atoms with Crippen LogP contribution < -0.4 is 0 Å². The summed E-state index contributed by atoms with van der Waals surface area (Å²) in [5.41, 5.74) is 1.84. The Hall–Kier alpha value is -3.37. The van der Waals surface area contributed by atoms with Gasteiger partial charge in [-0.1, -0.05) is 35.9 Å². The molecule has 1 saturated heterocycles. The van der Waals surface area contributed by atoms with Crippen LogP contribution in [0.1, 0.15) is 18.1 Å². The fraction of sp³-hybridized carbons (Fsp3) is 0.174. The van der Waals surface area contributed by atoms with E-state index in [1.807, 2.05) is 6.92 Å². The normalized spacial score (nSPS) is 15.6. The molecule has 170 valence electrons. The highest BCUT2D eigenvalue weighted by Crippen LogP contribution is 2.35. The molecule has 0 atom stereocenters. The van der Waals surface area contributed by atoms with Crippen molar-refractivity contribution >= 4 is 55.9 Å². The summed E-state index contributed by atoms with van der Waals surface area (Å²) in [5.74, 6) is -1.31. The maximum absolute atomic E-state index is 13.3. The van der Waals surface area contributed by atoms with E-state index in [2.05, 4.69) is 0 Å². The number of carbonyl (C=O) groups excluding carboxylic acids is 3. The van der Waals surface area contributed by atoms with Crippen LogP contribution in [-0.2, 0) is 24.3 Å². The summed E-state index contributed by atoms with van der Waals surface area (Å²) in [6.07, 6.45) is 2.90. The molecule has 0 N–H and O–H groups in total. The predicted molar refractivity (Wildman–Crippen MR) is 125 cm³/mol. The first-order valence-electron chi connectivity index (χ1n) is 10.1. The summed E-state index contributed by atoms with van der Waals surface area (Å²) in [4.78, 5) is 37.8. The van der Waals surface area contributed by atoms with E-state index in [4.69, 9.17) is 4.74 Å². The number of imide groups is 1. The van der Waals surface area contributed by atoms with E-state index in [1.54, 1.807) is 55.5 Å². The second-order valence-corrected chi connectivity index (χ2v) is 10.1. The van der Waals surface area contributed by atoms with Crippen LogP contribution in [0, 0.1) is 6.92 Å². The average molecular weight is 485 g/mol. The number of esters is 1. The van der Waals surface area contributed by atoms with Crippen molar-refractivity contribution in [3.8, 4) is 0 Å². The van der Waals surface area contributed by atoms with Gasteiger partial charge in [-0.15, -0.1) is 0 Å². The van der Waals surface area contributed by atoms with Crippen molar-refractivity contribution in [2.24, 2.45) is 0 Å². The predicted octanol–water partition coefficient (Wildman–Crippen LogP) is 3.79. The zero-order valence-electron chi connectivity index (χ0n) is 17.8. The van der Waals surface area contributed by atoms with Crippen molar-refractivity contribution in [3.05, 3.63) is 70.8 Å². The number of nitrogens with zero attached hydrogens (tertiary/aromatic N) is 2. The lowest BCUT2D eigenvalue weighted by molar-refractivity contribution is -0.145. The van der Waals surface area contributed by atoms with Gasteiger partial charge in [0.1, 0.15) is 6.54 Å². The first kappa shape index (κ1) is 22.8. The van der Waals surface area contributed by atoms with E-state index >= 15 is 0 Å². The van der Waals surface area contributed by atoms with E-state index in [0.717, 1.165) is 10.5 Å². The number of fused-ring (bicyclic) bond motifs is 1. The zero-order chi connectivity index (χ0) is 23.8. The van der Waals surface area contributed by atoms with Gasteiger partial charge in [-0.25, -0.2) is 12.4 Å². The second-order valence-electron chi connectivity index (χ2n) is 7.29. The topological polar surface area (TPSA) is 103 Å². The summed E-state index contributed by atoms with van der Waals surface area (Å²) in [5, 5.41) is 0.0145. The summed E-state index contributed by atoms with van der Waals surface area (Å²) < 4.78 is 32.6. The number of thioether (sulfide) groups is 1. The average Bonchev–Trinajstić information content (AvgIpc) is 3.28. The summed E-state index contributed by atoms with van der Waals surface area (Å²) in [6.45, 7) is 3.17. The van der Waals surface area contributed by atoms with Crippen molar-refractivity contribution in [1.29, 1.82) is 0 Å². The fourth-order valence-electron chi connectivity index (χ4n) is 3.43. The van der Waals surface area contributed by atoms with Gasteiger partial charge in [0.2, 0.25) is 0 Å². The van der Waals surface area contributed by atoms with Gasteiger partial charge in [0, 0.05) is 17.1 Å². The molecule has 2 amide bonds. The summed E-state index contributed by atoms with van der Waals surface area (Å²) >= 11 is 0.692. The van der Waals surface area contributed by atoms with Gasteiger partial charge in [-0.05, 0) is 49.9 Å². The number of benzene rings is 2. The number of aryl methyl sites for hydroxylation is 1. The molecule has 10 heteroatoms. The molecule has 1 aliphatic heterocycles. The molecule has 0 spiro atoms. The van der Waals surface area contributed by atoms with Gasteiger partial charge >= 0.3 is 5.97 Å². The fourth-order valence-corrected chi connectivity index (χ4v) is 5.63. The first-order valence-corrected chi connectivity index (χ1v) is 12.3. The molecule has 2 aromatic carbocycles. The number of amides is 2. The molecule has 0 bridgehead atoms. The summed E-state index contributed by atoms with van der Waals surface area (Å²) in [7, 11) is -3.90. The van der Waals surface area contributed by atoms with Gasteiger partial charge < -0.3 is 4.74 Å². The molecule has 0 aliphatic carbocycles. The van der Waals surface area contributed by atoms with Crippen LogP contribution in [0.3, 0.4) is 0 Å². The van der Waals surface area contributed by atoms with Crippen molar-refractivity contribution in [1.82, 2.24) is 8.87 Å². The van der Waals surface area contributed by atoms with Crippen LogP contribution in [0.25, 0.3) is 17.0 Å². The van der Waals surface area contributed by atoms with Gasteiger partial charge in [-0.2, -0.15) is 0 Å². The van der Waals surface area contributed by atoms with E-state index < -0.39 is 33.7 Å². The standard InChI is InChI=1S/C23H20N2O6S2/c1-3-31-21(26)14-24-22(27)20(32-23(24)28)12-16-13-25(19-7-5-4-6-18(16)19)33(29,30)17-10-8-15(2)9-11-17/h4-13H,3,14H2,1-2H3/b20-12-. The van der Waals surface area contributed by atoms with E-state index in [9.17, 15) is 22.8 Å². The molecular weight excluding hydrogens is 464 g/mol. The van der Waals surface area contributed by atoms with E-state index in [0.29, 0.717) is 28.2 Å². The molecule has 0 saturated carbocycles. The van der Waals surface area contributed by atoms with Crippen molar-refractivity contribution < 1.29 is 27.5 Å². The molecule has 0 radical (unpaired) electrons. The van der Waals surface area contributed by atoms with Crippen LogP contribution >= 0.6 is 11.8 Å². The van der Waals surface area contributed by atoms with Crippen LogP contribution in [0.15, 0.2) is 64.5 Å². The largest absolute Gasteiger partial charge is 0.465 e. The molecule has 1 fully saturated rings. The Morgan fingerprint density at radius 1 is 1.09 bits per heavy atom. The van der Waals surface area contributed by atoms with Crippen LogP contribution in [0.5, 0.6) is 0 Å². The number of hydrogen-bond acceptors (Lipinski definition) is 7. The highest BCUT2D eigenvalue weighted by Gasteiger charge is 2.37. The lowest BCUT2D eigenvalue weighted by atomic mass is 10.1. The maximum atomic E-state index is 13.3. The number of rotatable bonds is 6. The molecule has 3 aromatic rings. The third-order valence-electron chi connectivity index (χ3n) is 5.04. The van der Waals surface area contributed by atoms with Gasteiger partial charge in [0.15, 0.2) is 0 Å². The minimum atomic E-state index is -3.90. The quantitative estimate of drug-likeness (QED) is 0.387. The first-order chi connectivity index (χ1) is 15.7. The lowest BCUT2D eigenvalue weighted by Gasteiger charge is -2.10. The number of para-hydroxylation sites is 1. The molecule has 4 rings (SSSR count). The monoisotopic (exact) mass is 484 g/mol. The van der Waals surface area contributed by atoms with Gasteiger partial charge in [-0.3, -0.25) is 19.3 Å². The number of ether oxygens (including phenoxy) is 1. The summed E-state index contributed by atoms with van der Waals surface area (Å²) in [6, 6.07) is 13.4. The number of carbonyl (C=O) groups is 3. The SMILES string of the molecule is CCOC(=O)CN1C(=O)S/C(=C\c2cn(S(=O)(=O)c3ccc(C)cc3)c3ccccc23)C1=O. The smallest absolute Gasteiger partial charge is 0.326 e. The Morgan fingerprint density at radius 3 is 2.48 bits per heavy atom. The molecule has 1 aromatic heterocycles. The Labute approximate surface area is 194 Å². The Kier molecular flexibility index (Phi) is 6.13. The van der Waals surface area contributed by atoms with Crippen LogP contribution in [0.2, 0.25) is 0 Å². The molecule has 33 heavy (non-hydrogen) atoms. The number of aromatic nitrogens is 1. The molecule has 0 unspecified atom stereocenters. The minimum Gasteiger partial charge on any atom is -0.465 e. The Bertz CT molecular complexity index is 1400. The lowest BCUT2D eigenvalue weighted by Crippen LogP contribution is -2.34. The van der Waals surface area contributed by atoms with Crippen LogP contribution in [-0.4, -0.2) is 47.6 Å². The highest BCUT2D eigenvalue weighted by molar-refractivity contribution is 8.18. The molecular formula is C23H20N2O6S2. The van der Waals surface area contributed by atoms with Crippen molar-refractivity contribution in [3.63, 3.8) is 0 Å².